The molecule has 0 aromatic heterocycles. The molecular formula is C31H34F6O3. The molecule has 9 heteroatoms. The van der Waals surface area contributed by atoms with Crippen LogP contribution in [0.25, 0.3) is 6.08 Å². The fourth-order valence-electron chi connectivity index (χ4n) is 4.64. The Morgan fingerprint density at radius 3 is 1.95 bits per heavy atom. The summed E-state index contributed by atoms with van der Waals surface area (Å²) < 4.78 is 83.0. The van der Waals surface area contributed by atoms with Crippen LogP contribution in [0.5, 0.6) is 0 Å². The van der Waals surface area contributed by atoms with Gasteiger partial charge in [-0.25, -0.2) is 0 Å². The van der Waals surface area contributed by atoms with Crippen LogP contribution < -0.4 is 0 Å². The van der Waals surface area contributed by atoms with Crippen molar-refractivity contribution in [2.45, 2.75) is 83.2 Å². The average Bonchev–Trinajstić information content (AvgIpc) is 2.88. The molecule has 3 nitrogen and oxygen atoms in total. The van der Waals surface area contributed by atoms with Crippen LogP contribution in [-0.2, 0) is 14.9 Å². The smallest absolute Gasteiger partial charge is 0.430 e. The van der Waals surface area contributed by atoms with E-state index in [0.29, 0.717) is 43.7 Å². The van der Waals surface area contributed by atoms with Gasteiger partial charge in [0.1, 0.15) is 0 Å². The number of halogens is 6. The standard InChI is InChI=1S/C31H34F6O3/c1-6-28(7-2,25-15-13-23(21(3)19-25)11-9-8-10-12-27(38)40-5)26-16-14-24(22(4)20-26)17-18-29(39,30(32,33)34)31(35,36)37/h13-20,39H,6-8,10,12H2,1-5H3. The summed E-state index contributed by atoms with van der Waals surface area (Å²) in [4.78, 5) is 11.2. The van der Waals surface area contributed by atoms with E-state index in [1.165, 1.54) is 13.2 Å². The van der Waals surface area contributed by atoms with E-state index in [-0.39, 0.29) is 17.6 Å². The molecule has 0 aliphatic heterocycles. The molecule has 1 N–H and O–H groups in total. The van der Waals surface area contributed by atoms with Gasteiger partial charge in [-0.3, -0.25) is 4.79 Å². The summed E-state index contributed by atoms with van der Waals surface area (Å²) >= 11 is 0. The number of hydrogen-bond acceptors (Lipinski definition) is 3. The molecule has 0 bridgehead atoms. The summed E-state index contributed by atoms with van der Waals surface area (Å²) in [7, 11) is 1.34. The maximum absolute atomic E-state index is 13.1. The molecule has 0 heterocycles. The topological polar surface area (TPSA) is 46.5 Å². The number of ether oxygens (including phenoxy) is 1. The predicted molar refractivity (Wildman–Crippen MR) is 143 cm³/mol. The van der Waals surface area contributed by atoms with Crippen LogP contribution in [0.4, 0.5) is 26.3 Å². The largest absolute Gasteiger partial charge is 0.469 e. The van der Waals surface area contributed by atoms with Crippen molar-refractivity contribution in [1.29, 1.82) is 0 Å². The number of esters is 1. The molecule has 0 aliphatic carbocycles. The van der Waals surface area contributed by atoms with Gasteiger partial charge in [-0.15, -0.1) is 0 Å². The monoisotopic (exact) mass is 568 g/mol. The Balaban J connectivity index is 2.40. The number of carbonyl (C=O) groups is 1. The first-order valence-corrected chi connectivity index (χ1v) is 12.9. The van der Waals surface area contributed by atoms with Gasteiger partial charge in [-0.2, -0.15) is 26.3 Å². The van der Waals surface area contributed by atoms with E-state index >= 15 is 0 Å². The molecule has 0 spiro atoms. The van der Waals surface area contributed by atoms with Crippen LogP contribution in [-0.4, -0.2) is 36.1 Å². The highest BCUT2D eigenvalue weighted by Crippen LogP contribution is 2.45. The van der Waals surface area contributed by atoms with Crippen molar-refractivity contribution in [1.82, 2.24) is 0 Å². The third-order valence-corrected chi connectivity index (χ3v) is 7.31. The van der Waals surface area contributed by atoms with E-state index in [0.717, 1.165) is 22.3 Å². The number of hydrogen-bond donors (Lipinski definition) is 1. The van der Waals surface area contributed by atoms with E-state index in [9.17, 15) is 36.2 Å². The predicted octanol–water partition coefficient (Wildman–Crippen LogP) is 7.97. The fourth-order valence-corrected chi connectivity index (χ4v) is 4.64. The second-order valence-corrected chi connectivity index (χ2v) is 9.72. The van der Waals surface area contributed by atoms with E-state index in [1.807, 2.05) is 39.0 Å². The number of methoxy groups -OCH3 is 1. The first kappa shape index (κ1) is 33.0. The molecule has 2 aromatic rings. The van der Waals surface area contributed by atoms with Gasteiger partial charge >= 0.3 is 18.3 Å². The Kier molecular flexibility index (Phi) is 10.7. The van der Waals surface area contributed by atoms with E-state index < -0.39 is 23.4 Å². The van der Waals surface area contributed by atoms with Crippen LogP contribution in [0.3, 0.4) is 0 Å². The highest BCUT2D eigenvalue weighted by Gasteiger charge is 2.68. The molecular weight excluding hydrogens is 534 g/mol. The molecule has 2 rings (SSSR count). The number of unbranched alkanes of at least 4 members (excludes halogenated alkanes) is 1. The van der Waals surface area contributed by atoms with Crippen LogP contribution in [0.15, 0.2) is 42.5 Å². The fraction of sp³-hybridized carbons (Fsp3) is 0.452. The molecule has 0 amide bonds. The summed E-state index contributed by atoms with van der Waals surface area (Å²) in [5, 5.41) is 9.44. The quantitative estimate of drug-likeness (QED) is 0.144. The van der Waals surface area contributed by atoms with Gasteiger partial charge in [0.05, 0.1) is 7.11 Å². The van der Waals surface area contributed by atoms with Gasteiger partial charge < -0.3 is 9.84 Å². The van der Waals surface area contributed by atoms with Crippen LogP contribution in [0.1, 0.15) is 79.3 Å². The van der Waals surface area contributed by atoms with Gasteiger partial charge in [-0.05, 0) is 73.1 Å². The summed E-state index contributed by atoms with van der Waals surface area (Å²) in [5.74, 6) is 5.93. The summed E-state index contributed by atoms with van der Waals surface area (Å²) in [5.41, 5.74) is -1.12. The molecule has 0 unspecified atom stereocenters. The minimum Gasteiger partial charge on any atom is -0.469 e. The van der Waals surface area contributed by atoms with Crippen LogP contribution in [0, 0.1) is 25.7 Å². The number of aryl methyl sites for hydroxylation is 2. The van der Waals surface area contributed by atoms with E-state index in [2.05, 4.69) is 16.6 Å². The first-order valence-electron chi connectivity index (χ1n) is 12.9. The van der Waals surface area contributed by atoms with Crippen molar-refractivity contribution in [2.24, 2.45) is 0 Å². The maximum atomic E-state index is 13.1. The van der Waals surface area contributed by atoms with Gasteiger partial charge in [0, 0.05) is 23.8 Å². The Hall–Kier alpha value is -3.25. The number of benzene rings is 2. The molecule has 0 aliphatic rings. The van der Waals surface area contributed by atoms with Gasteiger partial charge in [0.2, 0.25) is 0 Å². The third kappa shape index (κ3) is 7.08. The minimum atomic E-state index is -5.92. The average molecular weight is 569 g/mol. The SMILES string of the molecule is CCC(CC)(c1ccc(C#CCCCC(=O)OC)c(C)c1)c1ccc(C=CC(O)(C(F)(F)F)C(F)(F)F)c(C)c1. The number of aliphatic hydroxyl groups is 1. The Labute approximate surface area is 231 Å². The Bertz CT molecular complexity index is 1260. The maximum Gasteiger partial charge on any atom is 0.430 e. The third-order valence-electron chi connectivity index (χ3n) is 7.31. The summed E-state index contributed by atoms with van der Waals surface area (Å²) in [6.07, 6.45) is -8.61. The molecule has 0 atom stereocenters. The highest BCUT2D eigenvalue weighted by atomic mass is 19.4. The molecule has 2 aromatic carbocycles. The second kappa shape index (κ2) is 12.9. The lowest BCUT2D eigenvalue weighted by Gasteiger charge is -2.34. The van der Waals surface area contributed by atoms with Crippen molar-refractivity contribution in [3.63, 3.8) is 0 Å². The zero-order valence-electron chi connectivity index (χ0n) is 23.2. The Morgan fingerprint density at radius 1 is 0.925 bits per heavy atom. The van der Waals surface area contributed by atoms with Crippen LogP contribution >= 0.6 is 0 Å². The summed E-state index contributed by atoms with van der Waals surface area (Å²) in [6.45, 7) is 7.58. The molecule has 218 valence electrons. The van der Waals surface area contributed by atoms with E-state index in [4.69, 9.17) is 0 Å². The van der Waals surface area contributed by atoms with E-state index in [1.54, 1.807) is 19.1 Å². The number of carbonyl (C=O) groups excluding carboxylic acids is 1. The lowest BCUT2D eigenvalue weighted by atomic mass is 9.69. The van der Waals surface area contributed by atoms with Crippen molar-refractivity contribution < 1.29 is 41.0 Å². The zero-order valence-corrected chi connectivity index (χ0v) is 23.2. The van der Waals surface area contributed by atoms with Crippen LogP contribution in [0.2, 0.25) is 0 Å². The lowest BCUT2D eigenvalue weighted by molar-refractivity contribution is -0.347. The van der Waals surface area contributed by atoms with Gasteiger partial charge in [0.25, 0.3) is 5.60 Å². The molecule has 0 saturated carbocycles. The van der Waals surface area contributed by atoms with Gasteiger partial charge in [-0.1, -0.05) is 62.1 Å². The molecule has 40 heavy (non-hydrogen) atoms. The second-order valence-electron chi connectivity index (χ2n) is 9.72. The minimum absolute atomic E-state index is 0.130. The van der Waals surface area contributed by atoms with Crippen molar-refractivity contribution in [3.8, 4) is 11.8 Å². The molecule has 0 radical (unpaired) electrons. The first-order chi connectivity index (χ1) is 18.6. The Morgan fingerprint density at radius 2 is 1.48 bits per heavy atom. The highest BCUT2D eigenvalue weighted by molar-refractivity contribution is 5.69. The summed E-state index contributed by atoms with van der Waals surface area (Å²) in [6, 6.07) is 10.9. The molecule has 0 fully saturated rings. The normalized spacial score (nSPS) is 12.8. The van der Waals surface area contributed by atoms with Crippen molar-refractivity contribution in [2.75, 3.05) is 7.11 Å². The van der Waals surface area contributed by atoms with Gasteiger partial charge in [0.15, 0.2) is 0 Å². The lowest BCUT2D eigenvalue weighted by Crippen LogP contribution is -2.55. The molecule has 0 saturated heterocycles. The zero-order chi connectivity index (χ0) is 30.4. The van der Waals surface area contributed by atoms with Crippen molar-refractivity contribution >= 4 is 12.0 Å². The number of alkyl halides is 6. The van der Waals surface area contributed by atoms with Crippen molar-refractivity contribution in [3.05, 3.63) is 75.9 Å². The number of rotatable bonds is 9.